The first-order valence-corrected chi connectivity index (χ1v) is 12.0. The van der Waals surface area contributed by atoms with Crippen molar-refractivity contribution in [3.63, 3.8) is 0 Å². The Labute approximate surface area is 218 Å². The molecular formula is C28H25N7O3. The van der Waals surface area contributed by atoms with Crippen LogP contribution in [0, 0.1) is 18.8 Å². The van der Waals surface area contributed by atoms with Gasteiger partial charge in [0.25, 0.3) is 11.4 Å². The summed E-state index contributed by atoms with van der Waals surface area (Å²) in [5.74, 6) is 7.12. The highest BCUT2D eigenvalue weighted by Crippen LogP contribution is 2.33. The van der Waals surface area contributed by atoms with E-state index in [2.05, 4.69) is 32.3 Å². The predicted octanol–water partition coefficient (Wildman–Crippen LogP) is 3.63. The van der Waals surface area contributed by atoms with Crippen molar-refractivity contribution in [1.29, 1.82) is 0 Å². The fourth-order valence-corrected chi connectivity index (χ4v) is 4.13. The molecule has 0 amide bonds. The molecule has 0 spiro atoms. The van der Waals surface area contributed by atoms with Crippen LogP contribution in [0.3, 0.4) is 0 Å². The number of nitrogens with one attached hydrogen (secondary N) is 1. The number of aliphatic hydroxyl groups excluding tert-OH is 1. The maximum Gasteiger partial charge on any atom is 0.267 e. The van der Waals surface area contributed by atoms with Crippen LogP contribution < -0.4 is 16.6 Å². The van der Waals surface area contributed by atoms with Crippen molar-refractivity contribution in [3.8, 4) is 29.0 Å². The molecule has 0 aliphatic carbocycles. The second-order valence-corrected chi connectivity index (χ2v) is 8.71. The van der Waals surface area contributed by atoms with Crippen molar-refractivity contribution < 1.29 is 9.52 Å². The first kappa shape index (κ1) is 24.7. The van der Waals surface area contributed by atoms with Gasteiger partial charge in [-0.05, 0) is 44.2 Å². The quantitative estimate of drug-likeness (QED) is 0.304. The minimum atomic E-state index is -0.833. The molecule has 0 aliphatic rings. The number of benzene rings is 2. The summed E-state index contributed by atoms with van der Waals surface area (Å²) in [4.78, 5) is 23.4. The van der Waals surface area contributed by atoms with Crippen molar-refractivity contribution >= 4 is 22.4 Å². The first-order valence-electron chi connectivity index (χ1n) is 12.0. The number of aromatic nitrogens is 5. The summed E-state index contributed by atoms with van der Waals surface area (Å²) < 4.78 is 7.17. The van der Waals surface area contributed by atoms with E-state index < -0.39 is 12.1 Å². The molecule has 10 nitrogen and oxygen atoms in total. The van der Waals surface area contributed by atoms with Crippen molar-refractivity contribution in [2.24, 2.45) is 0 Å². The van der Waals surface area contributed by atoms with E-state index in [-0.39, 0.29) is 11.4 Å². The van der Waals surface area contributed by atoms with E-state index in [1.165, 1.54) is 0 Å². The van der Waals surface area contributed by atoms with E-state index in [4.69, 9.17) is 15.1 Å². The third-order valence-electron chi connectivity index (χ3n) is 5.82. The van der Waals surface area contributed by atoms with Crippen molar-refractivity contribution in [2.45, 2.75) is 32.9 Å². The molecule has 0 bridgehead atoms. The van der Waals surface area contributed by atoms with E-state index in [1.807, 2.05) is 37.3 Å². The van der Waals surface area contributed by atoms with Crippen LogP contribution in [-0.2, 0) is 0 Å². The van der Waals surface area contributed by atoms with Crippen LogP contribution in [0.4, 0.5) is 11.5 Å². The summed E-state index contributed by atoms with van der Waals surface area (Å²) >= 11 is 0. The maximum atomic E-state index is 14.0. The summed E-state index contributed by atoms with van der Waals surface area (Å²) in [5, 5.41) is 21.4. The van der Waals surface area contributed by atoms with Gasteiger partial charge in [-0.3, -0.25) is 9.36 Å². The Morgan fingerprint density at radius 1 is 1.08 bits per heavy atom. The number of aryl methyl sites for hydroxylation is 1. The van der Waals surface area contributed by atoms with E-state index in [0.29, 0.717) is 50.9 Å². The molecule has 5 rings (SSSR count). The van der Waals surface area contributed by atoms with Gasteiger partial charge in [-0.2, -0.15) is 0 Å². The molecule has 0 saturated carbocycles. The van der Waals surface area contributed by atoms with Gasteiger partial charge >= 0.3 is 0 Å². The van der Waals surface area contributed by atoms with Crippen LogP contribution in [-0.4, -0.2) is 35.9 Å². The van der Waals surface area contributed by atoms with Crippen LogP contribution in [0.2, 0.25) is 0 Å². The van der Waals surface area contributed by atoms with E-state index >= 15 is 0 Å². The molecule has 38 heavy (non-hydrogen) atoms. The number of nitrogen functional groups attached to an aromatic ring is 1. The molecule has 0 fully saturated rings. The molecule has 190 valence electrons. The van der Waals surface area contributed by atoms with E-state index in [1.54, 1.807) is 48.9 Å². The van der Waals surface area contributed by atoms with Crippen molar-refractivity contribution in [3.05, 3.63) is 88.4 Å². The van der Waals surface area contributed by atoms with Gasteiger partial charge in [0.05, 0.1) is 22.6 Å². The molecule has 2 atom stereocenters. The minimum Gasteiger partial charge on any atom is -0.421 e. The lowest BCUT2D eigenvalue weighted by atomic mass is 10.1. The second-order valence-electron chi connectivity index (χ2n) is 8.71. The molecular weight excluding hydrogens is 482 g/mol. The highest BCUT2D eigenvalue weighted by molar-refractivity contribution is 5.85. The number of pyridine rings is 1. The number of aliphatic hydroxyl groups is 1. The lowest BCUT2D eigenvalue weighted by molar-refractivity contribution is 0.253. The average molecular weight is 508 g/mol. The number of hydrogen-bond donors (Lipinski definition) is 3. The van der Waals surface area contributed by atoms with Crippen LogP contribution >= 0.6 is 0 Å². The largest absolute Gasteiger partial charge is 0.421 e. The standard InChI is InChI=1S/C28H25N7O3/c1-16(36)12-13-19-8-7-11-22-23(19)28(37)35(20-9-5-4-6-10-20)26(32-22)17(2)31-25-24(21(29)14-15-30-25)27-34-33-18(3)38-27/h4-11,14-17,36H,1-3H3,(H3,29,30,31)/t16?,17-/m0/s1. The average Bonchev–Trinajstić information content (AvgIpc) is 3.33. The van der Waals surface area contributed by atoms with Gasteiger partial charge in [0.1, 0.15) is 23.3 Å². The zero-order chi connectivity index (χ0) is 26.8. The number of anilines is 2. The van der Waals surface area contributed by atoms with Gasteiger partial charge in [-0.15, -0.1) is 10.2 Å². The third-order valence-corrected chi connectivity index (χ3v) is 5.82. The molecule has 0 aliphatic heterocycles. The van der Waals surface area contributed by atoms with Crippen molar-refractivity contribution in [2.75, 3.05) is 11.1 Å². The van der Waals surface area contributed by atoms with Crippen LogP contribution in [0.15, 0.2) is 70.0 Å². The number of fused-ring (bicyclic) bond motifs is 1. The summed E-state index contributed by atoms with van der Waals surface area (Å²) in [5.41, 5.74) is 8.46. The van der Waals surface area contributed by atoms with Crippen molar-refractivity contribution in [1.82, 2.24) is 24.7 Å². The van der Waals surface area contributed by atoms with Crippen LogP contribution in [0.1, 0.15) is 37.2 Å². The molecule has 3 heterocycles. The van der Waals surface area contributed by atoms with Gasteiger partial charge in [0.15, 0.2) is 0 Å². The molecule has 4 N–H and O–H groups in total. The van der Waals surface area contributed by atoms with E-state index in [9.17, 15) is 9.90 Å². The minimum absolute atomic E-state index is 0.232. The maximum absolute atomic E-state index is 14.0. The zero-order valence-corrected chi connectivity index (χ0v) is 21.0. The molecule has 0 radical (unpaired) electrons. The molecule has 5 aromatic rings. The first-order chi connectivity index (χ1) is 18.3. The second kappa shape index (κ2) is 10.2. The number of nitrogens with two attached hydrogens (primary N) is 1. The predicted molar refractivity (Wildman–Crippen MR) is 145 cm³/mol. The normalized spacial score (nSPS) is 12.5. The number of rotatable bonds is 5. The Balaban J connectivity index is 1.69. The Bertz CT molecular complexity index is 1750. The molecule has 2 aromatic carbocycles. The SMILES string of the molecule is Cc1nnc(-c2c(N)ccnc2N[C@@H](C)c2nc3cccc(C#CC(C)O)c3c(=O)n2-c2ccccc2)o1. The summed E-state index contributed by atoms with van der Waals surface area (Å²) in [7, 11) is 0. The molecule has 3 aromatic heterocycles. The zero-order valence-electron chi connectivity index (χ0n) is 21.0. The molecule has 0 saturated heterocycles. The van der Waals surface area contributed by atoms with Gasteiger partial charge < -0.3 is 20.6 Å². The topological polar surface area (TPSA) is 145 Å². The van der Waals surface area contributed by atoms with Gasteiger partial charge in [-0.1, -0.05) is 36.1 Å². The lowest BCUT2D eigenvalue weighted by Gasteiger charge is -2.21. The third kappa shape index (κ3) is 4.70. The number of para-hydroxylation sites is 1. The van der Waals surface area contributed by atoms with Crippen LogP contribution in [0.25, 0.3) is 28.0 Å². The Kier molecular flexibility index (Phi) is 6.60. The van der Waals surface area contributed by atoms with Gasteiger partial charge in [0, 0.05) is 24.4 Å². The molecule has 10 heteroatoms. The number of nitrogens with zero attached hydrogens (tertiary/aromatic N) is 5. The van der Waals surface area contributed by atoms with Gasteiger partial charge in [0.2, 0.25) is 5.89 Å². The Hall–Kier alpha value is -5.01. The highest BCUT2D eigenvalue weighted by Gasteiger charge is 2.23. The highest BCUT2D eigenvalue weighted by atomic mass is 16.4. The fourth-order valence-electron chi connectivity index (χ4n) is 4.13. The Morgan fingerprint density at radius 2 is 1.87 bits per heavy atom. The monoisotopic (exact) mass is 507 g/mol. The summed E-state index contributed by atoms with van der Waals surface area (Å²) in [6.45, 7) is 5.13. The van der Waals surface area contributed by atoms with E-state index in [0.717, 1.165) is 0 Å². The summed E-state index contributed by atoms with van der Waals surface area (Å²) in [6, 6.07) is 15.7. The number of hydrogen-bond acceptors (Lipinski definition) is 9. The lowest BCUT2D eigenvalue weighted by Crippen LogP contribution is -2.28. The van der Waals surface area contributed by atoms with Crippen LogP contribution in [0.5, 0.6) is 0 Å². The van der Waals surface area contributed by atoms with Gasteiger partial charge in [-0.25, -0.2) is 9.97 Å². The summed E-state index contributed by atoms with van der Waals surface area (Å²) in [6.07, 6.45) is 0.739. The smallest absolute Gasteiger partial charge is 0.267 e. The Morgan fingerprint density at radius 3 is 2.58 bits per heavy atom. The fraction of sp³-hybridized carbons (Fsp3) is 0.179. The molecule has 1 unspecified atom stereocenters.